The van der Waals surface area contributed by atoms with Gasteiger partial charge in [-0.25, -0.2) is 0 Å². The second kappa shape index (κ2) is 5.17. The summed E-state index contributed by atoms with van der Waals surface area (Å²) in [7, 11) is 0. The molecule has 2 aliphatic heterocycles. The van der Waals surface area contributed by atoms with Crippen molar-refractivity contribution < 1.29 is 4.79 Å². The number of nitrogens with one attached hydrogen (secondary N) is 1. The maximum absolute atomic E-state index is 12.0. The topological polar surface area (TPSA) is 32.3 Å². The summed E-state index contributed by atoms with van der Waals surface area (Å²) in [6.45, 7) is 6.41. The average Bonchev–Trinajstić information content (AvgIpc) is 2.47. The van der Waals surface area contributed by atoms with Gasteiger partial charge in [0.15, 0.2) is 0 Å². The molecule has 0 aromatic carbocycles. The van der Waals surface area contributed by atoms with Gasteiger partial charge in [-0.3, -0.25) is 4.79 Å². The molecule has 2 heterocycles. The Bertz CT molecular complexity index is 229. The van der Waals surface area contributed by atoms with E-state index in [1.54, 1.807) is 0 Å². The highest BCUT2D eigenvalue weighted by Gasteiger charge is 2.36. The van der Waals surface area contributed by atoms with Crippen LogP contribution in [0.4, 0.5) is 0 Å². The molecule has 88 valence electrons. The molecule has 15 heavy (non-hydrogen) atoms. The van der Waals surface area contributed by atoms with Crippen molar-refractivity contribution in [3.63, 3.8) is 0 Å². The number of halogens is 1. The molecule has 0 spiro atoms. The number of carbonyl (C=O) groups is 1. The van der Waals surface area contributed by atoms with E-state index in [9.17, 15) is 4.79 Å². The first-order valence-corrected chi connectivity index (χ1v) is 5.74. The number of rotatable bonds is 2. The van der Waals surface area contributed by atoms with Crippen molar-refractivity contribution in [1.29, 1.82) is 0 Å². The van der Waals surface area contributed by atoms with Crippen molar-refractivity contribution >= 4 is 18.3 Å². The van der Waals surface area contributed by atoms with E-state index >= 15 is 0 Å². The van der Waals surface area contributed by atoms with Gasteiger partial charge < -0.3 is 10.2 Å². The van der Waals surface area contributed by atoms with Crippen molar-refractivity contribution in [3.05, 3.63) is 0 Å². The van der Waals surface area contributed by atoms with Gasteiger partial charge >= 0.3 is 0 Å². The SMILES string of the molecule is CC(C)C1CCCN1C(=O)[C@H]1CCN1.Cl. The minimum atomic E-state index is 0. The van der Waals surface area contributed by atoms with Crippen LogP contribution in [0.2, 0.25) is 0 Å². The van der Waals surface area contributed by atoms with E-state index in [4.69, 9.17) is 0 Å². The predicted octanol–water partition coefficient (Wildman–Crippen LogP) is 1.42. The molecule has 1 amide bonds. The normalized spacial score (nSPS) is 29.9. The van der Waals surface area contributed by atoms with Gasteiger partial charge in [0.1, 0.15) is 0 Å². The molecule has 2 saturated heterocycles. The van der Waals surface area contributed by atoms with Crippen molar-refractivity contribution in [1.82, 2.24) is 10.2 Å². The van der Waals surface area contributed by atoms with Crippen LogP contribution in [0.25, 0.3) is 0 Å². The quantitative estimate of drug-likeness (QED) is 0.781. The molecule has 0 radical (unpaired) electrons. The Morgan fingerprint density at radius 3 is 2.53 bits per heavy atom. The van der Waals surface area contributed by atoms with E-state index < -0.39 is 0 Å². The van der Waals surface area contributed by atoms with E-state index in [-0.39, 0.29) is 18.4 Å². The molecule has 1 N–H and O–H groups in total. The summed E-state index contributed by atoms with van der Waals surface area (Å²) < 4.78 is 0. The first-order chi connectivity index (χ1) is 6.70. The van der Waals surface area contributed by atoms with Crippen LogP contribution in [0.3, 0.4) is 0 Å². The Kier molecular flexibility index (Phi) is 4.41. The third kappa shape index (κ3) is 2.45. The van der Waals surface area contributed by atoms with Gasteiger partial charge in [-0.05, 0) is 31.7 Å². The number of hydrogen-bond donors (Lipinski definition) is 1. The molecule has 4 heteroatoms. The van der Waals surface area contributed by atoms with E-state index in [2.05, 4.69) is 24.1 Å². The van der Waals surface area contributed by atoms with Gasteiger partial charge in [0.2, 0.25) is 5.91 Å². The molecule has 0 aromatic heterocycles. The lowest BCUT2D eigenvalue weighted by Gasteiger charge is -2.35. The fraction of sp³-hybridized carbons (Fsp3) is 0.909. The Hall–Kier alpha value is -0.280. The van der Waals surface area contributed by atoms with Crippen LogP contribution in [-0.2, 0) is 4.79 Å². The van der Waals surface area contributed by atoms with E-state index in [0.29, 0.717) is 17.9 Å². The molecule has 2 fully saturated rings. The van der Waals surface area contributed by atoms with Crippen LogP contribution in [0.1, 0.15) is 33.1 Å². The monoisotopic (exact) mass is 232 g/mol. The third-order valence-electron chi connectivity index (χ3n) is 3.47. The highest BCUT2D eigenvalue weighted by molar-refractivity contribution is 5.85. The van der Waals surface area contributed by atoms with E-state index in [0.717, 1.165) is 19.5 Å². The van der Waals surface area contributed by atoms with Crippen molar-refractivity contribution in [3.8, 4) is 0 Å². The zero-order chi connectivity index (χ0) is 10.1. The fourth-order valence-electron chi connectivity index (χ4n) is 2.46. The molecule has 0 bridgehead atoms. The minimum Gasteiger partial charge on any atom is -0.338 e. The standard InChI is InChI=1S/C11H20N2O.ClH/c1-8(2)10-4-3-7-13(10)11(14)9-5-6-12-9;/h8-10,12H,3-7H2,1-2H3;1H/t9-,10?;/m1./s1. The second-order valence-electron chi connectivity index (χ2n) is 4.78. The maximum atomic E-state index is 12.0. The van der Waals surface area contributed by atoms with Crippen LogP contribution >= 0.6 is 12.4 Å². The molecule has 2 atom stereocenters. The van der Waals surface area contributed by atoms with Crippen molar-refractivity contribution in [2.24, 2.45) is 5.92 Å². The number of hydrogen-bond acceptors (Lipinski definition) is 2. The number of likely N-dealkylation sites (tertiary alicyclic amines) is 1. The first kappa shape index (κ1) is 12.8. The zero-order valence-corrected chi connectivity index (χ0v) is 10.3. The summed E-state index contributed by atoms with van der Waals surface area (Å²) in [5.74, 6) is 0.939. The molecular formula is C11H21ClN2O. The van der Waals surface area contributed by atoms with Gasteiger partial charge in [-0.15, -0.1) is 12.4 Å². The van der Waals surface area contributed by atoms with Gasteiger partial charge in [-0.2, -0.15) is 0 Å². The smallest absolute Gasteiger partial charge is 0.240 e. The van der Waals surface area contributed by atoms with E-state index in [1.807, 2.05) is 0 Å². The van der Waals surface area contributed by atoms with Crippen LogP contribution < -0.4 is 5.32 Å². The average molecular weight is 233 g/mol. The lowest BCUT2D eigenvalue weighted by molar-refractivity contribution is -0.136. The summed E-state index contributed by atoms with van der Waals surface area (Å²) >= 11 is 0. The Morgan fingerprint density at radius 1 is 1.40 bits per heavy atom. The fourth-order valence-corrected chi connectivity index (χ4v) is 2.46. The molecule has 2 rings (SSSR count). The third-order valence-corrected chi connectivity index (χ3v) is 3.47. The summed E-state index contributed by atoms with van der Waals surface area (Å²) in [6.07, 6.45) is 3.40. The minimum absolute atomic E-state index is 0. The van der Waals surface area contributed by atoms with Crippen LogP contribution in [-0.4, -0.2) is 36.0 Å². The number of carbonyl (C=O) groups excluding carboxylic acids is 1. The van der Waals surface area contributed by atoms with Gasteiger partial charge in [-0.1, -0.05) is 13.8 Å². The van der Waals surface area contributed by atoms with Crippen molar-refractivity contribution in [2.75, 3.05) is 13.1 Å². The lowest BCUT2D eigenvalue weighted by Crippen LogP contribution is -2.56. The van der Waals surface area contributed by atoms with Gasteiger partial charge in [0.25, 0.3) is 0 Å². The molecule has 2 aliphatic rings. The largest absolute Gasteiger partial charge is 0.338 e. The molecule has 1 unspecified atom stereocenters. The summed E-state index contributed by atoms with van der Waals surface area (Å²) in [5, 5.41) is 3.19. The van der Waals surface area contributed by atoms with Crippen LogP contribution in [0.5, 0.6) is 0 Å². The summed E-state index contributed by atoms with van der Waals surface area (Å²) in [4.78, 5) is 14.1. The second-order valence-corrected chi connectivity index (χ2v) is 4.78. The van der Waals surface area contributed by atoms with Gasteiger partial charge in [0, 0.05) is 12.6 Å². The van der Waals surface area contributed by atoms with Crippen LogP contribution in [0.15, 0.2) is 0 Å². The molecule has 0 aromatic rings. The molecular weight excluding hydrogens is 212 g/mol. The Labute approximate surface area is 98.0 Å². The summed E-state index contributed by atoms with van der Waals surface area (Å²) in [5.41, 5.74) is 0. The molecule has 3 nitrogen and oxygen atoms in total. The van der Waals surface area contributed by atoms with E-state index in [1.165, 1.54) is 12.8 Å². The Morgan fingerprint density at radius 2 is 2.07 bits per heavy atom. The number of nitrogens with zero attached hydrogens (tertiary/aromatic N) is 1. The highest BCUT2D eigenvalue weighted by atomic mass is 35.5. The van der Waals surface area contributed by atoms with Crippen molar-refractivity contribution in [2.45, 2.75) is 45.2 Å². The predicted molar refractivity (Wildman–Crippen MR) is 63.2 cm³/mol. The van der Waals surface area contributed by atoms with Gasteiger partial charge in [0.05, 0.1) is 6.04 Å². The molecule has 0 aliphatic carbocycles. The van der Waals surface area contributed by atoms with Crippen LogP contribution in [0, 0.1) is 5.92 Å². The first-order valence-electron chi connectivity index (χ1n) is 5.74. The lowest BCUT2D eigenvalue weighted by atomic mass is 10.00. The zero-order valence-electron chi connectivity index (χ0n) is 9.53. The summed E-state index contributed by atoms with van der Waals surface area (Å²) in [6, 6.07) is 0.624. The maximum Gasteiger partial charge on any atom is 0.240 e. The highest BCUT2D eigenvalue weighted by Crippen LogP contribution is 2.25. The Balaban J connectivity index is 0.00000112. The number of amides is 1. The molecule has 0 saturated carbocycles.